The van der Waals surface area contributed by atoms with Gasteiger partial charge in [-0.25, -0.2) is 4.98 Å². The Bertz CT molecular complexity index is 858. The fraction of sp³-hybridized carbons (Fsp3) is 0.350. The topological polar surface area (TPSA) is 83.6 Å². The predicted octanol–water partition coefficient (Wildman–Crippen LogP) is 2.12. The Morgan fingerprint density at radius 2 is 2.07 bits per heavy atom. The van der Waals surface area contributed by atoms with E-state index in [1.165, 1.54) is 0 Å². The number of hydrogen-bond donors (Lipinski definition) is 2. The minimum atomic E-state index is -0.211. The number of nitrogens with zero attached hydrogens (tertiary/aromatic N) is 2. The second-order valence-corrected chi connectivity index (χ2v) is 6.98. The second-order valence-electron chi connectivity index (χ2n) is 6.98. The first-order valence-corrected chi connectivity index (χ1v) is 9.14. The number of rotatable bonds is 3. The zero-order valence-corrected chi connectivity index (χ0v) is 15.2. The lowest BCUT2D eigenvalue weighted by molar-refractivity contribution is -0.118. The van der Waals surface area contributed by atoms with Crippen LogP contribution in [-0.2, 0) is 4.79 Å². The van der Waals surface area contributed by atoms with Crippen molar-refractivity contribution in [1.82, 2.24) is 10.3 Å². The molecular formula is C20H22N4O3. The number of amides is 2. The number of aromatic nitrogens is 1. The Labute approximate surface area is 157 Å². The normalized spacial score (nSPS) is 16.9. The van der Waals surface area contributed by atoms with Gasteiger partial charge in [0.25, 0.3) is 11.8 Å². The highest BCUT2D eigenvalue weighted by molar-refractivity contribution is 5.99. The Morgan fingerprint density at radius 1 is 1.26 bits per heavy atom. The average Bonchev–Trinajstić information content (AvgIpc) is 2.68. The molecule has 1 fully saturated rings. The van der Waals surface area contributed by atoms with Gasteiger partial charge in [-0.2, -0.15) is 0 Å². The molecule has 3 heterocycles. The Morgan fingerprint density at radius 3 is 2.81 bits per heavy atom. The van der Waals surface area contributed by atoms with Gasteiger partial charge in [0, 0.05) is 30.9 Å². The van der Waals surface area contributed by atoms with E-state index in [0.717, 1.165) is 37.3 Å². The molecule has 1 saturated heterocycles. The van der Waals surface area contributed by atoms with Crippen LogP contribution in [0.25, 0.3) is 0 Å². The van der Waals surface area contributed by atoms with Gasteiger partial charge in [-0.15, -0.1) is 0 Å². The van der Waals surface area contributed by atoms with Crippen LogP contribution in [0, 0.1) is 6.92 Å². The van der Waals surface area contributed by atoms with Crippen LogP contribution in [0.5, 0.6) is 5.75 Å². The van der Waals surface area contributed by atoms with Crippen LogP contribution >= 0.6 is 0 Å². The van der Waals surface area contributed by atoms with Gasteiger partial charge in [-0.1, -0.05) is 6.07 Å². The highest BCUT2D eigenvalue weighted by Gasteiger charge is 2.23. The first-order chi connectivity index (χ1) is 13.1. The maximum Gasteiger partial charge on any atom is 0.262 e. The van der Waals surface area contributed by atoms with Crippen LogP contribution in [-0.4, -0.2) is 42.5 Å². The van der Waals surface area contributed by atoms with Crippen molar-refractivity contribution in [3.63, 3.8) is 0 Å². The van der Waals surface area contributed by atoms with Crippen molar-refractivity contribution < 1.29 is 14.3 Å². The molecule has 0 bridgehead atoms. The number of carbonyl (C=O) groups is 2. The zero-order valence-electron chi connectivity index (χ0n) is 15.2. The standard InChI is InChI=1S/C20H22N4O3/c1-13-2-5-18(21-11-13)24-8-6-15(7-9-24)22-20(26)14-3-4-17-16(10-14)23-19(25)12-27-17/h2-5,10-11,15H,6-9,12H2,1H3,(H,22,26)(H,23,25). The molecule has 0 unspecified atom stereocenters. The summed E-state index contributed by atoms with van der Waals surface area (Å²) in [6, 6.07) is 9.33. The fourth-order valence-electron chi connectivity index (χ4n) is 3.39. The molecule has 2 aromatic rings. The lowest BCUT2D eigenvalue weighted by atomic mass is 10.0. The lowest BCUT2D eigenvalue weighted by Gasteiger charge is -2.33. The third-order valence-corrected chi connectivity index (χ3v) is 4.92. The summed E-state index contributed by atoms with van der Waals surface area (Å²) in [5.74, 6) is 1.22. The SMILES string of the molecule is Cc1ccc(N2CCC(NC(=O)c3ccc4c(c3)NC(=O)CO4)CC2)nc1. The molecule has 0 radical (unpaired) electrons. The summed E-state index contributed by atoms with van der Waals surface area (Å²) >= 11 is 0. The van der Waals surface area contributed by atoms with Crippen molar-refractivity contribution in [2.24, 2.45) is 0 Å². The summed E-state index contributed by atoms with van der Waals surface area (Å²) in [6.07, 6.45) is 3.61. The Kier molecular flexibility index (Phi) is 4.66. The number of anilines is 2. The van der Waals surface area contributed by atoms with Gasteiger partial charge in [0.15, 0.2) is 6.61 Å². The highest BCUT2D eigenvalue weighted by atomic mass is 16.5. The molecular weight excluding hydrogens is 344 g/mol. The molecule has 2 N–H and O–H groups in total. The highest BCUT2D eigenvalue weighted by Crippen LogP contribution is 2.28. The van der Waals surface area contributed by atoms with Crippen LogP contribution in [0.2, 0.25) is 0 Å². The van der Waals surface area contributed by atoms with Gasteiger partial charge >= 0.3 is 0 Å². The van der Waals surface area contributed by atoms with Crippen LogP contribution in [0.3, 0.4) is 0 Å². The summed E-state index contributed by atoms with van der Waals surface area (Å²) in [4.78, 5) is 30.7. The van der Waals surface area contributed by atoms with Gasteiger partial charge in [-0.3, -0.25) is 9.59 Å². The van der Waals surface area contributed by atoms with E-state index in [9.17, 15) is 9.59 Å². The maximum atomic E-state index is 12.6. The predicted molar refractivity (Wildman–Crippen MR) is 102 cm³/mol. The van der Waals surface area contributed by atoms with E-state index in [4.69, 9.17) is 4.74 Å². The molecule has 0 atom stereocenters. The third kappa shape index (κ3) is 3.86. The quantitative estimate of drug-likeness (QED) is 0.869. The van der Waals surface area contributed by atoms with Crippen LogP contribution in [0.4, 0.5) is 11.5 Å². The van der Waals surface area contributed by atoms with Crippen molar-refractivity contribution in [2.75, 3.05) is 29.9 Å². The first-order valence-electron chi connectivity index (χ1n) is 9.14. The zero-order chi connectivity index (χ0) is 18.8. The van der Waals surface area contributed by atoms with Gasteiger partial charge in [0.05, 0.1) is 5.69 Å². The Balaban J connectivity index is 1.35. The molecule has 1 aromatic heterocycles. The molecule has 0 aliphatic carbocycles. The van der Waals surface area contributed by atoms with Crippen molar-refractivity contribution >= 4 is 23.3 Å². The van der Waals surface area contributed by atoms with Gasteiger partial charge in [-0.05, 0) is 49.6 Å². The van der Waals surface area contributed by atoms with Gasteiger partial charge in [0.2, 0.25) is 0 Å². The number of piperidine rings is 1. The molecule has 1 aromatic carbocycles. The molecule has 0 saturated carbocycles. The summed E-state index contributed by atoms with van der Waals surface area (Å²) in [6.45, 7) is 3.74. The van der Waals surface area contributed by atoms with Crippen molar-refractivity contribution in [3.8, 4) is 5.75 Å². The van der Waals surface area contributed by atoms with Crippen LogP contribution < -0.4 is 20.3 Å². The molecule has 4 rings (SSSR count). The number of ether oxygens (including phenoxy) is 1. The minimum absolute atomic E-state index is 0.00690. The van der Waals surface area contributed by atoms with Crippen LogP contribution in [0.15, 0.2) is 36.5 Å². The maximum absolute atomic E-state index is 12.6. The number of pyridine rings is 1. The monoisotopic (exact) mass is 366 g/mol. The molecule has 7 heteroatoms. The van der Waals surface area contributed by atoms with E-state index in [1.807, 2.05) is 19.2 Å². The summed E-state index contributed by atoms with van der Waals surface area (Å²) in [5.41, 5.74) is 2.20. The van der Waals surface area contributed by atoms with E-state index in [-0.39, 0.29) is 24.5 Å². The molecule has 27 heavy (non-hydrogen) atoms. The molecule has 140 valence electrons. The summed E-state index contributed by atoms with van der Waals surface area (Å²) in [7, 11) is 0. The molecule has 0 spiro atoms. The number of fused-ring (bicyclic) bond motifs is 1. The van der Waals surface area contributed by atoms with E-state index in [2.05, 4.69) is 26.6 Å². The smallest absolute Gasteiger partial charge is 0.262 e. The molecule has 2 amide bonds. The van der Waals surface area contributed by atoms with E-state index < -0.39 is 0 Å². The largest absolute Gasteiger partial charge is 0.482 e. The average molecular weight is 366 g/mol. The van der Waals surface area contributed by atoms with E-state index in [1.54, 1.807) is 18.2 Å². The summed E-state index contributed by atoms with van der Waals surface area (Å²) in [5, 5.41) is 5.82. The second kappa shape index (κ2) is 7.26. The molecule has 7 nitrogen and oxygen atoms in total. The van der Waals surface area contributed by atoms with Crippen LogP contribution in [0.1, 0.15) is 28.8 Å². The van der Waals surface area contributed by atoms with Gasteiger partial charge in [0.1, 0.15) is 11.6 Å². The summed E-state index contributed by atoms with van der Waals surface area (Å²) < 4.78 is 5.33. The fourth-order valence-corrected chi connectivity index (χ4v) is 3.39. The van der Waals surface area contributed by atoms with Gasteiger partial charge < -0.3 is 20.3 Å². The first kappa shape index (κ1) is 17.3. The number of carbonyl (C=O) groups excluding carboxylic acids is 2. The number of hydrogen-bond acceptors (Lipinski definition) is 5. The lowest BCUT2D eigenvalue weighted by Crippen LogP contribution is -2.45. The Hall–Kier alpha value is -3.09. The minimum Gasteiger partial charge on any atom is -0.482 e. The number of aryl methyl sites for hydroxylation is 1. The number of benzene rings is 1. The molecule has 2 aliphatic heterocycles. The third-order valence-electron chi connectivity index (χ3n) is 4.92. The number of nitrogens with one attached hydrogen (secondary N) is 2. The van der Waals surface area contributed by atoms with E-state index >= 15 is 0 Å². The van der Waals surface area contributed by atoms with Crippen molar-refractivity contribution in [3.05, 3.63) is 47.7 Å². The van der Waals surface area contributed by atoms with Crippen molar-refractivity contribution in [2.45, 2.75) is 25.8 Å². The van der Waals surface area contributed by atoms with E-state index in [0.29, 0.717) is 17.0 Å². The molecule has 2 aliphatic rings. The van der Waals surface area contributed by atoms with Crippen molar-refractivity contribution in [1.29, 1.82) is 0 Å².